The van der Waals surface area contributed by atoms with Gasteiger partial charge in [-0.05, 0) is 31.5 Å². The van der Waals surface area contributed by atoms with Crippen molar-refractivity contribution in [2.45, 2.75) is 13.8 Å². The number of benzene rings is 1. The van der Waals surface area contributed by atoms with Gasteiger partial charge in [-0.25, -0.2) is 0 Å². The molecular formula is C12H14O3. The molecule has 0 aliphatic carbocycles. The van der Waals surface area contributed by atoms with Crippen LogP contribution in [0.2, 0.25) is 0 Å². The summed E-state index contributed by atoms with van der Waals surface area (Å²) in [6.45, 7) is 7.13. The van der Waals surface area contributed by atoms with Crippen LogP contribution in [0.3, 0.4) is 0 Å². The number of ketones is 1. The lowest BCUT2D eigenvalue weighted by Gasteiger charge is -2.09. The summed E-state index contributed by atoms with van der Waals surface area (Å²) in [5, 5.41) is 9.52. The van der Waals surface area contributed by atoms with Crippen LogP contribution < -0.4 is 4.74 Å². The molecule has 0 unspecified atom stereocenters. The number of hydrogen-bond donors (Lipinski definition) is 1. The predicted octanol–water partition coefficient (Wildman–Crippen LogP) is 2.47. The summed E-state index contributed by atoms with van der Waals surface area (Å²) >= 11 is 0. The van der Waals surface area contributed by atoms with Gasteiger partial charge in [0.1, 0.15) is 18.1 Å². The number of hydrogen-bond acceptors (Lipinski definition) is 3. The lowest BCUT2D eigenvalue weighted by atomic mass is 10.1. The van der Waals surface area contributed by atoms with E-state index in [4.69, 9.17) is 4.74 Å². The zero-order chi connectivity index (χ0) is 11.4. The molecule has 0 bridgehead atoms. The number of rotatable bonds is 4. The highest BCUT2D eigenvalue weighted by Crippen LogP contribution is 2.27. The van der Waals surface area contributed by atoms with Crippen LogP contribution in [0, 0.1) is 6.92 Å². The first-order valence-electron chi connectivity index (χ1n) is 4.64. The van der Waals surface area contributed by atoms with E-state index in [2.05, 4.69) is 6.58 Å². The van der Waals surface area contributed by atoms with Crippen molar-refractivity contribution >= 4 is 5.78 Å². The number of phenolic OH excluding ortho intramolecular Hbond substituents is 1. The van der Waals surface area contributed by atoms with Crippen molar-refractivity contribution in [3.05, 3.63) is 35.9 Å². The number of ether oxygens (including phenoxy) is 1. The van der Waals surface area contributed by atoms with Gasteiger partial charge in [-0.2, -0.15) is 0 Å². The Balaban J connectivity index is 3.11. The summed E-state index contributed by atoms with van der Waals surface area (Å²) in [6, 6.07) is 3.08. The van der Waals surface area contributed by atoms with Crippen molar-refractivity contribution in [3.8, 4) is 11.5 Å². The summed E-state index contributed by atoms with van der Waals surface area (Å²) < 4.78 is 5.35. The average Bonchev–Trinajstić information content (AvgIpc) is 2.16. The highest BCUT2D eigenvalue weighted by Gasteiger charge is 2.10. The Kier molecular flexibility index (Phi) is 3.50. The number of aryl methyl sites for hydroxylation is 1. The summed E-state index contributed by atoms with van der Waals surface area (Å²) in [5.74, 6) is 0.403. The molecule has 80 valence electrons. The largest absolute Gasteiger partial charge is 0.507 e. The molecule has 1 rings (SSSR count). The second-order valence-electron chi connectivity index (χ2n) is 3.29. The van der Waals surface area contributed by atoms with Gasteiger partial charge in [-0.3, -0.25) is 4.79 Å². The zero-order valence-corrected chi connectivity index (χ0v) is 8.91. The first kappa shape index (κ1) is 11.3. The minimum atomic E-state index is -0.184. The molecule has 0 heterocycles. The maximum atomic E-state index is 11.2. The third kappa shape index (κ3) is 2.59. The molecule has 0 radical (unpaired) electrons. The maximum Gasteiger partial charge on any atom is 0.163 e. The van der Waals surface area contributed by atoms with Gasteiger partial charge in [0.25, 0.3) is 0 Å². The Labute approximate surface area is 89.0 Å². The quantitative estimate of drug-likeness (QED) is 0.608. The molecule has 0 aromatic heterocycles. The number of aromatic hydroxyl groups is 1. The second-order valence-corrected chi connectivity index (χ2v) is 3.29. The van der Waals surface area contributed by atoms with Crippen LogP contribution in [-0.4, -0.2) is 17.5 Å². The van der Waals surface area contributed by atoms with E-state index in [1.54, 1.807) is 12.1 Å². The minimum absolute atomic E-state index is 0.00838. The van der Waals surface area contributed by atoms with Crippen molar-refractivity contribution in [2.75, 3.05) is 6.61 Å². The summed E-state index contributed by atoms with van der Waals surface area (Å²) in [6.07, 6.45) is 1.62. The van der Waals surface area contributed by atoms with Gasteiger partial charge in [0.2, 0.25) is 0 Å². The SMILES string of the molecule is C=CCOc1cc(C(C)=O)c(O)cc1C. The first-order chi connectivity index (χ1) is 7.06. The lowest BCUT2D eigenvalue weighted by Crippen LogP contribution is -1.99. The average molecular weight is 206 g/mol. The number of phenols is 1. The fourth-order valence-corrected chi connectivity index (χ4v) is 1.26. The van der Waals surface area contributed by atoms with E-state index in [1.165, 1.54) is 13.0 Å². The van der Waals surface area contributed by atoms with Crippen LogP contribution in [0.5, 0.6) is 11.5 Å². The maximum absolute atomic E-state index is 11.2. The van der Waals surface area contributed by atoms with E-state index in [1.807, 2.05) is 6.92 Å². The number of carbonyl (C=O) groups excluding carboxylic acids is 1. The smallest absolute Gasteiger partial charge is 0.163 e. The fourth-order valence-electron chi connectivity index (χ4n) is 1.26. The first-order valence-corrected chi connectivity index (χ1v) is 4.64. The second kappa shape index (κ2) is 4.64. The molecule has 1 N–H and O–H groups in total. The van der Waals surface area contributed by atoms with Crippen LogP contribution in [-0.2, 0) is 0 Å². The fraction of sp³-hybridized carbons (Fsp3) is 0.250. The van der Waals surface area contributed by atoms with Crippen LogP contribution >= 0.6 is 0 Å². The molecule has 0 aliphatic heterocycles. The number of Topliss-reactive ketones (excluding diaryl/α,β-unsaturated/α-hetero) is 1. The van der Waals surface area contributed by atoms with Crippen LogP contribution in [0.1, 0.15) is 22.8 Å². The third-order valence-corrected chi connectivity index (χ3v) is 2.03. The van der Waals surface area contributed by atoms with Gasteiger partial charge < -0.3 is 9.84 Å². The van der Waals surface area contributed by atoms with Gasteiger partial charge in [0, 0.05) is 0 Å². The van der Waals surface area contributed by atoms with E-state index in [0.717, 1.165) is 5.56 Å². The van der Waals surface area contributed by atoms with Gasteiger partial charge >= 0.3 is 0 Å². The van der Waals surface area contributed by atoms with Crippen LogP contribution in [0.25, 0.3) is 0 Å². The summed E-state index contributed by atoms with van der Waals surface area (Å²) in [5.41, 5.74) is 1.07. The molecule has 0 aliphatic rings. The Morgan fingerprint density at radius 1 is 1.60 bits per heavy atom. The monoisotopic (exact) mass is 206 g/mol. The molecule has 1 aromatic carbocycles. The normalized spacial score (nSPS) is 9.73. The molecule has 0 spiro atoms. The Bertz CT molecular complexity index is 394. The lowest BCUT2D eigenvalue weighted by molar-refractivity contribution is 0.101. The van der Waals surface area contributed by atoms with E-state index in [-0.39, 0.29) is 17.1 Å². The highest BCUT2D eigenvalue weighted by molar-refractivity contribution is 5.97. The van der Waals surface area contributed by atoms with Crippen molar-refractivity contribution < 1.29 is 14.6 Å². The predicted molar refractivity (Wildman–Crippen MR) is 58.5 cm³/mol. The zero-order valence-electron chi connectivity index (χ0n) is 8.91. The molecule has 0 amide bonds. The van der Waals surface area contributed by atoms with Crippen molar-refractivity contribution in [1.82, 2.24) is 0 Å². The third-order valence-electron chi connectivity index (χ3n) is 2.03. The van der Waals surface area contributed by atoms with E-state index in [0.29, 0.717) is 12.4 Å². The van der Waals surface area contributed by atoms with Gasteiger partial charge in [0.05, 0.1) is 5.56 Å². The molecule has 3 nitrogen and oxygen atoms in total. The van der Waals surface area contributed by atoms with E-state index in [9.17, 15) is 9.90 Å². The molecule has 0 atom stereocenters. The molecular weight excluding hydrogens is 192 g/mol. The van der Waals surface area contributed by atoms with Crippen molar-refractivity contribution in [1.29, 1.82) is 0 Å². The van der Waals surface area contributed by atoms with E-state index >= 15 is 0 Å². The minimum Gasteiger partial charge on any atom is -0.507 e. The van der Waals surface area contributed by atoms with Gasteiger partial charge in [-0.1, -0.05) is 12.7 Å². The molecule has 0 saturated carbocycles. The Hall–Kier alpha value is -1.77. The van der Waals surface area contributed by atoms with Crippen LogP contribution in [0.15, 0.2) is 24.8 Å². The Morgan fingerprint density at radius 3 is 2.80 bits per heavy atom. The van der Waals surface area contributed by atoms with Crippen molar-refractivity contribution in [3.63, 3.8) is 0 Å². The van der Waals surface area contributed by atoms with Gasteiger partial charge in [-0.15, -0.1) is 0 Å². The highest BCUT2D eigenvalue weighted by atomic mass is 16.5. The van der Waals surface area contributed by atoms with Gasteiger partial charge in [0.15, 0.2) is 5.78 Å². The summed E-state index contributed by atoms with van der Waals surface area (Å²) in [4.78, 5) is 11.2. The molecule has 0 saturated heterocycles. The molecule has 15 heavy (non-hydrogen) atoms. The van der Waals surface area contributed by atoms with E-state index < -0.39 is 0 Å². The van der Waals surface area contributed by atoms with Crippen LogP contribution in [0.4, 0.5) is 0 Å². The molecule has 1 aromatic rings. The Morgan fingerprint density at radius 2 is 2.27 bits per heavy atom. The topological polar surface area (TPSA) is 46.5 Å². The standard InChI is InChI=1S/C12H14O3/c1-4-5-15-12-7-10(9(3)13)11(14)6-8(12)2/h4,6-7,14H,1,5H2,2-3H3. The summed E-state index contributed by atoms with van der Waals surface area (Å²) in [7, 11) is 0. The molecule has 0 fully saturated rings. The number of carbonyl (C=O) groups is 1. The van der Waals surface area contributed by atoms with Crippen molar-refractivity contribution in [2.24, 2.45) is 0 Å². The molecule has 3 heteroatoms.